The molecular weight excluding hydrogens is 640 g/mol. The summed E-state index contributed by atoms with van der Waals surface area (Å²) in [6.07, 6.45) is 2.25. The molecule has 4 amide bonds. The highest BCUT2D eigenvalue weighted by atomic mass is 79.9. The Labute approximate surface area is 263 Å². The van der Waals surface area contributed by atoms with Crippen LogP contribution in [0.25, 0.3) is 6.08 Å². The lowest BCUT2D eigenvalue weighted by molar-refractivity contribution is -0.130. The van der Waals surface area contributed by atoms with E-state index in [0.717, 1.165) is 16.9 Å². The molecule has 1 aliphatic rings. The van der Waals surface area contributed by atoms with Crippen molar-refractivity contribution in [3.8, 4) is 23.0 Å². The molecule has 0 saturated carbocycles. The van der Waals surface area contributed by atoms with E-state index in [9.17, 15) is 14.4 Å². The maximum atomic E-state index is 13.5. The zero-order valence-electron chi connectivity index (χ0n) is 24.1. The number of imide groups is 2. The summed E-state index contributed by atoms with van der Waals surface area (Å²) >= 11 is 9.62. The van der Waals surface area contributed by atoms with Crippen LogP contribution in [0, 0.1) is 0 Å². The molecule has 1 heterocycles. The molecule has 1 saturated heterocycles. The van der Waals surface area contributed by atoms with E-state index in [0.29, 0.717) is 63.4 Å². The fourth-order valence-corrected chi connectivity index (χ4v) is 5.08. The third-order valence-electron chi connectivity index (χ3n) is 6.21. The molecule has 11 heteroatoms. The summed E-state index contributed by atoms with van der Waals surface area (Å²) in [7, 11) is 0. The number of nitrogens with one attached hydrogen (secondary N) is 1. The summed E-state index contributed by atoms with van der Waals surface area (Å²) in [6, 6.07) is 15.1. The number of halogens is 2. The van der Waals surface area contributed by atoms with Crippen LogP contribution in [0.15, 0.2) is 64.6 Å². The number of hydrogen-bond acceptors (Lipinski definition) is 7. The van der Waals surface area contributed by atoms with Crippen molar-refractivity contribution in [2.45, 2.75) is 40.3 Å². The molecule has 0 bridgehead atoms. The average molecular weight is 672 g/mol. The van der Waals surface area contributed by atoms with Crippen molar-refractivity contribution in [3.63, 3.8) is 0 Å². The first-order chi connectivity index (χ1) is 20.7. The predicted molar refractivity (Wildman–Crippen MR) is 167 cm³/mol. The number of benzene rings is 3. The van der Waals surface area contributed by atoms with E-state index >= 15 is 0 Å². The van der Waals surface area contributed by atoms with Gasteiger partial charge in [0.25, 0.3) is 11.8 Å². The minimum Gasteiger partial charge on any atom is -0.490 e. The van der Waals surface area contributed by atoms with Crippen molar-refractivity contribution in [2.24, 2.45) is 0 Å². The standard InChI is InChI=1S/C32H32BrClN2O7/c1-4-12-42-26-11-10-20(16-27(26)40-5-2)18-36-31(38)24(30(37)35-32(36)39)14-22-15-25(33)29(28(17-22)41-6-3)43-19-21-8-7-9-23(34)13-21/h7-11,13-17H,4-6,12,18-19H2,1-3H3,(H,35,37,39)/b24-14+. The molecule has 4 rings (SSSR count). The maximum Gasteiger partial charge on any atom is 0.331 e. The van der Waals surface area contributed by atoms with Gasteiger partial charge in [0.05, 0.1) is 30.8 Å². The van der Waals surface area contributed by atoms with E-state index < -0.39 is 17.8 Å². The van der Waals surface area contributed by atoms with Crippen molar-refractivity contribution < 1.29 is 33.3 Å². The first kappa shape index (κ1) is 31.9. The Hall–Kier alpha value is -4.02. The second-order valence-electron chi connectivity index (χ2n) is 9.45. The highest BCUT2D eigenvalue weighted by Crippen LogP contribution is 2.38. The van der Waals surface area contributed by atoms with Gasteiger partial charge in [-0.3, -0.25) is 19.8 Å². The van der Waals surface area contributed by atoms with Crippen LogP contribution in [0.5, 0.6) is 23.0 Å². The van der Waals surface area contributed by atoms with Gasteiger partial charge in [-0.15, -0.1) is 0 Å². The van der Waals surface area contributed by atoms with Crippen molar-refractivity contribution in [3.05, 3.63) is 86.4 Å². The Kier molecular flexibility index (Phi) is 11.1. The van der Waals surface area contributed by atoms with Crippen molar-refractivity contribution in [1.29, 1.82) is 0 Å². The van der Waals surface area contributed by atoms with Gasteiger partial charge in [-0.05, 0) is 95.4 Å². The van der Waals surface area contributed by atoms with Crippen molar-refractivity contribution in [2.75, 3.05) is 19.8 Å². The van der Waals surface area contributed by atoms with Gasteiger partial charge < -0.3 is 18.9 Å². The third-order valence-corrected chi connectivity index (χ3v) is 7.04. The SMILES string of the molecule is CCCOc1ccc(CN2C(=O)NC(=O)/C(=C\c3cc(Br)c(OCc4cccc(Cl)c4)c(OCC)c3)C2=O)cc1OCC. The minimum atomic E-state index is -0.808. The summed E-state index contributed by atoms with van der Waals surface area (Å²) in [6.45, 7) is 7.16. The average Bonchev–Trinajstić information content (AvgIpc) is 2.97. The van der Waals surface area contributed by atoms with Crippen LogP contribution in [-0.2, 0) is 22.7 Å². The number of urea groups is 1. The number of rotatable bonds is 13. The molecule has 0 aromatic heterocycles. The molecule has 3 aromatic rings. The lowest BCUT2D eigenvalue weighted by atomic mass is 10.1. The highest BCUT2D eigenvalue weighted by Gasteiger charge is 2.36. The molecular formula is C32H32BrClN2O7. The van der Waals surface area contributed by atoms with Crippen LogP contribution in [0.3, 0.4) is 0 Å². The molecule has 3 aromatic carbocycles. The number of ether oxygens (including phenoxy) is 4. The van der Waals surface area contributed by atoms with Gasteiger partial charge in [-0.25, -0.2) is 4.79 Å². The number of nitrogens with zero attached hydrogens (tertiary/aromatic N) is 1. The normalized spacial score (nSPS) is 14.1. The molecule has 1 fully saturated rings. The molecule has 0 unspecified atom stereocenters. The zero-order chi connectivity index (χ0) is 30.9. The predicted octanol–water partition coefficient (Wildman–Crippen LogP) is 6.93. The van der Waals surface area contributed by atoms with Crippen LogP contribution >= 0.6 is 27.5 Å². The molecule has 1 N–H and O–H groups in total. The molecule has 0 spiro atoms. The van der Waals surface area contributed by atoms with Gasteiger partial charge in [0.15, 0.2) is 23.0 Å². The summed E-state index contributed by atoms with van der Waals surface area (Å²) < 4.78 is 23.9. The largest absolute Gasteiger partial charge is 0.490 e. The smallest absolute Gasteiger partial charge is 0.331 e. The fraction of sp³-hybridized carbons (Fsp3) is 0.281. The van der Waals surface area contributed by atoms with Crippen LogP contribution in [0.1, 0.15) is 43.9 Å². The number of hydrogen-bond donors (Lipinski definition) is 1. The van der Waals surface area contributed by atoms with E-state index in [-0.39, 0.29) is 18.7 Å². The van der Waals surface area contributed by atoms with Crippen molar-refractivity contribution >= 4 is 51.5 Å². The quantitative estimate of drug-likeness (QED) is 0.155. The Morgan fingerprint density at radius 1 is 0.860 bits per heavy atom. The summed E-state index contributed by atoms with van der Waals surface area (Å²) in [4.78, 5) is 40.0. The summed E-state index contributed by atoms with van der Waals surface area (Å²) in [5.74, 6) is 0.436. The van der Waals surface area contributed by atoms with Gasteiger partial charge >= 0.3 is 6.03 Å². The van der Waals surface area contributed by atoms with Crippen LogP contribution in [0.4, 0.5) is 4.79 Å². The fourth-order valence-electron chi connectivity index (χ4n) is 4.29. The monoisotopic (exact) mass is 670 g/mol. The lowest BCUT2D eigenvalue weighted by Crippen LogP contribution is -2.53. The second kappa shape index (κ2) is 14.9. The van der Waals surface area contributed by atoms with Crippen LogP contribution < -0.4 is 24.3 Å². The van der Waals surface area contributed by atoms with E-state index in [4.69, 9.17) is 30.5 Å². The number of amides is 4. The van der Waals surface area contributed by atoms with E-state index in [1.807, 2.05) is 32.9 Å². The van der Waals surface area contributed by atoms with E-state index in [2.05, 4.69) is 21.2 Å². The molecule has 0 atom stereocenters. The summed E-state index contributed by atoms with van der Waals surface area (Å²) in [5, 5.41) is 2.86. The Bertz CT molecular complexity index is 1540. The summed E-state index contributed by atoms with van der Waals surface area (Å²) in [5.41, 5.74) is 1.80. The number of barbiturate groups is 1. The van der Waals surface area contributed by atoms with Gasteiger partial charge in [0.1, 0.15) is 12.2 Å². The third kappa shape index (κ3) is 8.09. The van der Waals surface area contributed by atoms with Crippen LogP contribution in [0.2, 0.25) is 5.02 Å². The van der Waals surface area contributed by atoms with Gasteiger partial charge in [-0.1, -0.05) is 36.7 Å². The molecule has 9 nitrogen and oxygen atoms in total. The minimum absolute atomic E-state index is 0.0758. The topological polar surface area (TPSA) is 103 Å². The highest BCUT2D eigenvalue weighted by molar-refractivity contribution is 9.10. The molecule has 0 radical (unpaired) electrons. The zero-order valence-corrected chi connectivity index (χ0v) is 26.4. The first-order valence-electron chi connectivity index (χ1n) is 13.8. The molecule has 226 valence electrons. The van der Waals surface area contributed by atoms with E-state index in [1.54, 1.807) is 42.5 Å². The maximum absolute atomic E-state index is 13.5. The Balaban J connectivity index is 1.59. The van der Waals surface area contributed by atoms with Gasteiger partial charge in [0.2, 0.25) is 0 Å². The molecule has 43 heavy (non-hydrogen) atoms. The lowest BCUT2D eigenvalue weighted by Gasteiger charge is -2.26. The second-order valence-corrected chi connectivity index (χ2v) is 10.7. The number of carbonyl (C=O) groups is 3. The van der Waals surface area contributed by atoms with Crippen LogP contribution in [-0.4, -0.2) is 42.6 Å². The molecule has 0 aliphatic carbocycles. The Morgan fingerprint density at radius 3 is 2.35 bits per heavy atom. The van der Waals surface area contributed by atoms with Gasteiger partial charge in [0, 0.05) is 5.02 Å². The first-order valence-corrected chi connectivity index (χ1v) is 15.0. The number of carbonyl (C=O) groups excluding carboxylic acids is 3. The van der Waals surface area contributed by atoms with Gasteiger partial charge in [-0.2, -0.15) is 0 Å². The van der Waals surface area contributed by atoms with E-state index in [1.165, 1.54) is 6.08 Å². The Morgan fingerprint density at radius 2 is 1.63 bits per heavy atom. The molecule has 1 aliphatic heterocycles. The van der Waals surface area contributed by atoms with Crippen molar-refractivity contribution in [1.82, 2.24) is 10.2 Å².